The molecule has 0 aliphatic heterocycles. The van der Waals surface area contributed by atoms with Crippen LogP contribution in [0.5, 0.6) is 0 Å². The van der Waals surface area contributed by atoms with Crippen molar-refractivity contribution in [2.75, 3.05) is 0 Å². The molecule has 0 aromatic heterocycles. The van der Waals surface area contributed by atoms with Gasteiger partial charge in [-0.3, -0.25) is 0 Å². The van der Waals surface area contributed by atoms with E-state index in [2.05, 4.69) is 0 Å². The molecule has 0 atom stereocenters. The summed E-state index contributed by atoms with van der Waals surface area (Å²) in [7, 11) is 0. The van der Waals surface area contributed by atoms with Crippen molar-refractivity contribution in [1.29, 1.82) is 0 Å². The molecular weight excluding hydrogens is 368 g/mol. The van der Waals surface area contributed by atoms with Crippen molar-refractivity contribution in [2.24, 2.45) is 0 Å². The topological polar surface area (TPSA) is 149 Å². The normalized spacial score (nSPS) is 12.8. The van der Waals surface area contributed by atoms with Gasteiger partial charge in [0.15, 0.2) is 0 Å². The summed E-state index contributed by atoms with van der Waals surface area (Å²) in [6.07, 6.45) is 3.59. The first-order valence-electron chi connectivity index (χ1n) is 9.54. The Morgan fingerprint density at radius 3 is 1.07 bits per heavy atom. The minimum atomic E-state index is -1.26. The summed E-state index contributed by atoms with van der Waals surface area (Å²) in [5.41, 5.74) is -0.435. The Bertz CT molecular complexity index is 643. The van der Waals surface area contributed by atoms with Crippen LogP contribution in [0, 0.1) is 0 Å². The van der Waals surface area contributed by atoms with Crippen molar-refractivity contribution < 1.29 is 39.6 Å². The van der Waals surface area contributed by atoms with Crippen molar-refractivity contribution >= 4 is 23.9 Å². The molecule has 0 unspecified atom stereocenters. The predicted octanol–water partition coefficient (Wildman–Crippen LogP) is 3.86. The zero-order valence-electron chi connectivity index (χ0n) is 16.5. The molecule has 0 saturated carbocycles. The number of carboxylic acid groups (broad SMARTS) is 4. The van der Waals surface area contributed by atoms with E-state index in [9.17, 15) is 39.6 Å². The van der Waals surface area contributed by atoms with E-state index in [1.807, 2.05) is 6.92 Å². The van der Waals surface area contributed by atoms with E-state index < -0.39 is 23.9 Å². The molecule has 158 valence electrons. The standard InChI is InChI=1S/C20H30O8/c1-3-5-10-14(18(23)24)16(20(27)28)12-8-6-7-11-15(19(25)26)13(9-4-2)17(21)22/h3-12H2,1-2H3,(H,21,22)(H,23,24)(H,25,26)(H,27,28)/b15-13+,16-14+. The quantitative estimate of drug-likeness (QED) is 0.240. The Morgan fingerprint density at radius 1 is 0.464 bits per heavy atom. The molecule has 0 radical (unpaired) electrons. The summed E-state index contributed by atoms with van der Waals surface area (Å²) in [4.78, 5) is 45.4. The SMILES string of the molecule is CCCC/C(C(=O)O)=C(/CCCCC/C(C(=O)O)=C(/CCC)C(=O)O)C(=O)O. The molecule has 0 aromatic rings. The van der Waals surface area contributed by atoms with Crippen LogP contribution in [-0.2, 0) is 19.2 Å². The van der Waals surface area contributed by atoms with E-state index in [0.29, 0.717) is 32.1 Å². The average molecular weight is 398 g/mol. The van der Waals surface area contributed by atoms with Crippen molar-refractivity contribution in [3.63, 3.8) is 0 Å². The van der Waals surface area contributed by atoms with Gasteiger partial charge >= 0.3 is 23.9 Å². The summed E-state index contributed by atoms with van der Waals surface area (Å²) in [6, 6.07) is 0. The number of carboxylic acids is 4. The second-order valence-corrected chi connectivity index (χ2v) is 6.55. The minimum Gasteiger partial charge on any atom is -0.478 e. The highest BCUT2D eigenvalue weighted by Crippen LogP contribution is 2.22. The number of unbranched alkanes of at least 4 members (excludes halogenated alkanes) is 3. The average Bonchev–Trinajstić information content (AvgIpc) is 2.60. The van der Waals surface area contributed by atoms with E-state index in [1.54, 1.807) is 6.92 Å². The summed E-state index contributed by atoms with van der Waals surface area (Å²) in [5.74, 6) is -4.98. The molecule has 0 fully saturated rings. The minimum absolute atomic E-state index is 0.0741. The maximum atomic E-state index is 11.4. The molecule has 0 aliphatic rings. The van der Waals surface area contributed by atoms with Crippen LogP contribution in [-0.4, -0.2) is 44.3 Å². The second-order valence-electron chi connectivity index (χ2n) is 6.55. The maximum Gasteiger partial charge on any atom is 0.332 e. The van der Waals surface area contributed by atoms with Crippen LogP contribution < -0.4 is 0 Å². The third-order valence-electron chi connectivity index (χ3n) is 4.40. The molecule has 0 bridgehead atoms. The van der Waals surface area contributed by atoms with E-state index in [-0.39, 0.29) is 48.0 Å². The van der Waals surface area contributed by atoms with Gasteiger partial charge < -0.3 is 20.4 Å². The molecule has 0 spiro atoms. The lowest BCUT2D eigenvalue weighted by Gasteiger charge is -2.10. The number of carbonyl (C=O) groups is 4. The van der Waals surface area contributed by atoms with E-state index in [0.717, 1.165) is 6.42 Å². The fraction of sp³-hybridized carbons (Fsp3) is 0.600. The lowest BCUT2D eigenvalue weighted by atomic mass is 9.95. The van der Waals surface area contributed by atoms with Crippen LogP contribution in [0.4, 0.5) is 0 Å². The van der Waals surface area contributed by atoms with Crippen molar-refractivity contribution in [3.8, 4) is 0 Å². The van der Waals surface area contributed by atoms with E-state index >= 15 is 0 Å². The molecule has 8 heteroatoms. The van der Waals surface area contributed by atoms with Crippen LogP contribution in [0.15, 0.2) is 22.3 Å². The van der Waals surface area contributed by atoms with Crippen LogP contribution in [0.1, 0.15) is 78.1 Å². The van der Waals surface area contributed by atoms with Gasteiger partial charge in [0, 0.05) is 22.3 Å². The number of hydrogen-bond donors (Lipinski definition) is 4. The molecule has 0 rings (SSSR count). The molecule has 0 amide bonds. The zero-order chi connectivity index (χ0) is 21.7. The Labute approximate surface area is 164 Å². The summed E-state index contributed by atoms with van der Waals surface area (Å²) in [5, 5.41) is 37.1. The van der Waals surface area contributed by atoms with Crippen molar-refractivity contribution in [2.45, 2.75) is 78.1 Å². The van der Waals surface area contributed by atoms with E-state index in [1.165, 1.54) is 0 Å². The van der Waals surface area contributed by atoms with E-state index in [4.69, 9.17) is 0 Å². The smallest absolute Gasteiger partial charge is 0.332 e. The Balaban J connectivity index is 5.03. The van der Waals surface area contributed by atoms with Gasteiger partial charge in [0.2, 0.25) is 0 Å². The van der Waals surface area contributed by atoms with Gasteiger partial charge in [0.1, 0.15) is 0 Å². The van der Waals surface area contributed by atoms with Crippen LogP contribution >= 0.6 is 0 Å². The lowest BCUT2D eigenvalue weighted by molar-refractivity contribution is -0.136. The molecule has 0 saturated heterocycles. The van der Waals surface area contributed by atoms with Gasteiger partial charge in [0.05, 0.1) is 0 Å². The predicted molar refractivity (Wildman–Crippen MR) is 102 cm³/mol. The highest BCUT2D eigenvalue weighted by molar-refractivity contribution is 5.99. The van der Waals surface area contributed by atoms with Gasteiger partial charge in [-0.05, 0) is 44.9 Å². The third kappa shape index (κ3) is 8.83. The summed E-state index contributed by atoms with van der Waals surface area (Å²) < 4.78 is 0. The number of aliphatic carboxylic acids is 4. The fourth-order valence-electron chi connectivity index (χ4n) is 2.93. The highest BCUT2D eigenvalue weighted by atomic mass is 16.4. The first-order valence-corrected chi connectivity index (χ1v) is 9.54. The number of hydrogen-bond acceptors (Lipinski definition) is 4. The summed E-state index contributed by atoms with van der Waals surface area (Å²) >= 11 is 0. The van der Waals surface area contributed by atoms with Crippen LogP contribution in [0.25, 0.3) is 0 Å². The van der Waals surface area contributed by atoms with Crippen LogP contribution in [0.2, 0.25) is 0 Å². The van der Waals surface area contributed by atoms with Gasteiger partial charge in [0.25, 0.3) is 0 Å². The molecule has 4 N–H and O–H groups in total. The maximum absolute atomic E-state index is 11.4. The lowest BCUT2D eigenvalue weighted by Crippen LogP contribution is -2.12. The molecule has 28 heavy (non-hydrogen) atoms. The third-order valence-corrected chi connectivity index (χ3v) is 4.40. The zero-order valence-corrected chi connectivity index (χ0v) is 16.5. The first kappa shape index (κ1) is 25.4. The van der Waals surface area contributed by atoms with Gasteiger partial charge in [-0.25, -0.2) is 19.2 Å². The first-order chi connectivity index (χ1) is 13.2. The van der Waals surface area contributed by atoms with Crippen molar-refractivity contribution in [3.05, 3.63) is 22.3 Å². The molecule has 0 heterocycles. The highest BCUT2D eigenvalue weighted by Gasteiger charge is 2.21. The fourth-order valence-corrected chi connectivity index (χ4v) is 2.93. The monoisotopic (exact) mass is 398 g/mol. The van der Waals surface area contributed by atoms with Crippen LogP contribution in [0.3, 0.4) is 0 Å². The molecule has 0 aromatic carbocycles. The van der Waals surface area contributed by atoms with Gasteiger partial charge in [-0.1, -0.05) is 33.1 Å². The molecule has 8 nitrogen and oxygen atoms in total. The van der Waals surface area contributed by atoms with Gasteiger partial charge in [-0.15, -0.1) is 0 Å². The summed E-state index contributed by atoms with van der Waals surface area (Å²) in [6.45, 7) is 3.65. The van der Waals surface area contributed by atoms with Gasteiger partial charge in [-0.2, -0.15) is 0 Å². The van der Waals surface area contributed by atoms with Crippen molar-refractivity contribution in [1.82, 2.24) is 0 Å². The molecular formula is C20H30O8. The molecule has 0 aliphatic carbocycles. The second kappa shape index (κ2) is 13.5. The Morgan fingerprint density at radius 2 is 0.786 bits per heavy atom. The Hall–Kier alpha value is -2.64. The largest absolute Gasteiger partial charge is 0.478 e. The Kier molecular flexibility index (Phi) is 12.2. The number of rotatable bonds is 15.